The number of methoxy groups -OCH3 is 1. The van der Waals surface area contributed by atoms with E-state index in [4.69, 9.17) is 4.74 Å². The topological polar surface area (TPSA) is 58.6 Å². The maximum atomic E-state index is 13.4. The molecule has 0 saturated carbocycles. The van der Waals surface area contributed by atoms with Gasteiger partial charge in [-0.1, -0.05) is 50.2 Å². The van der Waals surface area contributed by atoms with Crippen molar-refractivity contribution in [3.63, 3.8) is 0 Å². The number of carbonyl (C=O) groups is 2. The molecule has 2 aromatic carbocycles. The molecule has 0 saturated heterocycles. The van der Waals surface area contributed by atoms with Crippen LogP contribution in [0.2, 0.25) is 0 Å². The minimum Gasteiger partial charge on any atom is -0.497 e. The molecule has 0 unspecified atom stereocenters. The van der Waals surface area contributed by atoms with Gasteiger partial charge in [0.2, 0.25) is 11.8 Å². The predicted molar refractivity (Wildman–Crippen MR) is 120 cm³/mol. The lowest BCUT2D eigenvalue weighted by Crippen LogP contribution is -2.51. The second-order valence-electron chi connectivity index (χ2n) is 7.72. The Balaban J connectivity index is 2.33. The van der Waals surface area contributed by atoms with Gasteiger partial charge in [-0.05, 0) is 55.5 Å². The Bertz CT molecular complexity index is 850. The molecule has 0 heterocycles. The third-order valence-electron chi connectivity index (χ3n) is 5.48. The van der Waals surface area contributed by atoms with Crippen molar-refractivity contribution in [1.29, 1.82) is 0 Å². The maximum absolute atomic E-state index is 13.4. The van der Waals surface area contributed by atoms with E-state index in [-0.39, 0.29) is 24.3 Å². The molecule has 0 aromatic heterocycles. The van der Waals surface area contributed by atoms with Gasteiger partial charge in [-0.3, -0.25) is 9.59 Å². The molecule has 162 valence electrons. The minimum absolute atomic E-state index is 0.0572. The smallest absolute Gasteiger partial charge is 0.243 e. The third kappa shape index (κ3) is 6.34. The Hall–Kier alpha value is -2.82. The van der Waals surface area contributed by atoms with Crippen molar-refractivity contribution < 1.29 is 14.3 Å². The van der Waals surface area contributed by atoms with Gasteiger partial charge >= 0.3 is 0 Å². The summed E-state index contributed by atoms with van der Waals surface area (Å²) in [5.74, 6) is 0.571. The summed E-state index contributed by atoms with van der Waals surface area (Å²) < 4.78 is 5.33. The number of benzene rings is 2. The third-order valence-corrected chi connectivity index (χ3v) is 5.48. The van der Waals surface area contributed by atoms with Gasteiger partial charge in [-0.2, -0.15) is 0 Å². The second kappa shape index (κ2) is 11.4. The number of nitrogens with zero attached hydrogens (tertiary/aromatic N) is 1. The Kier molecular flexibility index (Phi) is 8.90. The van der Waals surface area contributed by atoms with Crippen LogP contribution < -0.4 is 10.1 Å². The van der Waals surface area contributed by atoms with Crippen molar-refractivity contribution in [2.45, 2.75) is 65.6 Å². The van der Waals surface area contributed by atoms with Crippen LogP contribution in [0.5, 0.6) is 5.75 Å². The van der Waals surface area contributed by atoms with Crippen LogP contribution in [0.1, 0.15) is 50.3 Å². The van der Waals surface area contributed by atoms with E-state index in [0.29, 0.717) is 13.0 Å². The molecule has 0 radical (unpaired) electrons. The van der Waals surface area contributed by atoms with Crippen LogP contribution >= 0.6 is 0 Å². The van der Waals surface area contributed by atoms with E-state index in [1.165, 1.54) is 0 Å². The summed E-state index contributed by atoms with van der Waals surface area (Å²) in [5, 5.41) is 3.04. The summed E-state index contributed by atoms with van der Waals surface area (Å²) in [6, 6.07) is 15.1. The fourth-order valence-electron chi connectivity index (χ4n) is 3.40. The number of ether oxygens (including phenoxy) is 1. The van der Waals surface area contributed by atoms with E-state index < -0.39 is 6.04 Å². The van der Waals surface area contributed by atoms with Gasteiger partial charge in [-0.15, -0.1) is 0 Å². The summed E-state index contributed by atoms with van der Waals surface area (Å²) in [7, 11) is 1.62. The van der Waals surface area contributed by atoms with E-state index in [2.05, 4.69) is 5.32 Å². The maximum Gasteiger partial charge on any atom is 0.243 e. The highest BCUT2D eigenvalue weighted by Gasteiger charge is 2.29. The molecule has 0 bridgehead atoms. The van der Waals surface area contributed by atoms with Crippen LogP contribution in [0.4, 0.5) is 0 Å². The Morgan fingerprint density at radius 2 is 1.80 bits per heavy atom. The lowest BCUT2D eigenvalue weighted by molar-refractivity contribution is -0.141. The Morgan fingerprint density at radius 1 is 1.07 bits per heavy atom. The SMILES string of the molecule is CC[C@H](C)NC(=O)[C@H](CC)N(Cc1cccc(OC)c1)C(=O)Cc1ccccc1C. The molecule has 1 N–H and O–H groups in total. The van der Waals surface area contributed by atoms with Crippen LogP contribution in [0.15, 0.2) is 48.5 Å². The van der Waals surface area contributed by atoms with E-state index in [0.717, 1.165) is 28.9 Å². The zero-order valence-electron chi connectivity index (χ0n) is 18.8. The molecule has 0 fully saturated rings. The van der Waals surface area contributed by atoms with Gasteiger partial charge in [0.15, 0.2) is 0 Å². The quantitative estimate of drug-likeness (QED) is 0.636. The molecule has 0 aliphatic carbocycles. The molecule has 2 atom stereocenters. The zero-order chi connectivity index (χ0) is 22.1. The first-order valence-corrected chi connectivity index (χ1v) is 10.7. The summed E-state index contributed by atoms with van der Waals surface area (Å²) in [6.45, 7) is 8.31. The van der Waals surface area contributed by atoms with Crippen molar-refractivity contribution in [2.24, 2.45) is 0 Å². The summed E-state index contributed by atoms with van der Waals surface area (Å²) >= 11 is 0. The Morgan fingerprint density at radius 3 is 2.43 bits per heavy atom. The zero-order valence-corrected chi connectivity index (χ0v) is 18.8. The molecule has 30 heavy (non-hydrogen) atoms. The second-order valence-corrected chi connectivity index (χ2v) is 7.72. The molecular formula is C25H34N2O3. The van der Waals surface area contributed by atoms with Crippen molar-refractivity contribution in [1.82, 2.24) is 10.2 Å². The van der Waals surface area contributed by atoms with Gasteiger partial charge < -0.3 is 15.0 Å². The number of amides is 2. The average molecular weight is 411 g/mol. The average Bonchev–Trinajstić information content (AvgIpc) is 2.75. The molecule has 2 rings (SSSR count). The molecule has 2 amide bonds. The van der Waals surface area contributed by atoms with Crippen molar-refractivity contribution in [3.8, 4) is 5.75 Å². The molecular weight excluding hydrogens is 376 g/mol. The number of hydrogen-bond donors (Lipinski definition) is 1. The standard InChI is InChI=1S/C25H34N2O3/c1-6-19(4)26-25(29)23(7-2)27(17-20-12-10-14-22(15-20)30-5)24(28)16-21-13-9-8-11-18(21)3/h8-15,19,23H,6-7,16-17H2,1-5H3,(H,26,29)/t19-,23-/m0/s1. The number of aryl methyl sites for hydroxylation is 1. The lowest BCUT2D eigenvalue weighted by atomic mass is 10.0. The fourth-order valence-corrected chi connectivity index (χ4v) is 3.40. The highest BCUT2D eigenvalue weighted by Crippen LogP contribution is 2.19. The van der Waals surface area contributed by atoms with Gasteiger partial charge in [-0.25, -0.2) is 0 Å². The minimum atomic E-state index is -0.526. The van der Waals surface area contributed by atoms with Crippen LogP contribution in [-0.2, 0) is 22.6 Å². The highest BCUT2D eigenvalue weighted by atomic mass is 16.5. The monoisotopic (exact) mass is 410 g/mol. The number of nitrogens with one attached hydrogen (secondary N) is 1. The lowest BCUT2D eigenvalue weighted by Gasteiger charge is -2.31. The summed E-state index contributed by atoms with van der Waals surface area (Å²) in [6.07, 6.45) is 1.66. The van der Waals surface area contributed by atoms with Crippen LogP contribution in [-0.4, -0.2) is 35.9 Å². The summed E-state index contributed by atoms with van der Waals surface area (Å²) in [4.78, 5) is 28.1. The number of carbonyl (C=O) groups excluding carboxylic acids is 2. The summed E-state index contributed by atoms with van der Waals surface area (Å²) in [5.41, 5.74) is 2.99. The molecule has 5 heteroatoms. The van der Waals surface area contributed by atoms with E-state index in [9.17, 15) is 9.59 Å². The largest absolute Gasteiger partial charge is 0.497 e. The molecule has 5 nitrogen and oxygen atoms in total. The van der Waals surface area contributed by atoms with Gasteiger partial charge in [0.05, 0.1) is 13.5 Å². The van der Waals surface area contributed by atoms with Crippen molar-refractivity contribution >= 4 is 11.8 Å². The van der Waals surface area contributed by atoms with Crippen LogP contribution in [0, 0.1) is 6.92 Å². The normalized spacial score (nSPS) is 12.7. The van der Waals surface area contributed by atoms with Gasteiger partial charge in [0, 0.05) is 12.6 Å². The van der Waals surface area contributed by atoms with E-state index >= 15 is 0 Å². The highest BCUT2D eigenvalue weighted by molar-refractivity contribution is 5.88. The van der Waals surface area contributed by atoms with Gasteiger partial charge in [0.25, 0.3) is 0 Å². The predicted octanol–water partition coefficient (Wildman–Crippen LogP) is 4.27. The van der Waals surface area contributed by atoms with Crippen molar-refractivity contribution in [2.75, 3.05) is 7.11 Å². The van der Waals surface area contributed by atoms with E-state index in [1.54, 1.807) is 12.0 Å². The first-order valence-electron chi connectivity index (χ1n) is 10.7. The fraction of sp³-hybridized carbons (Fsp3) is 0.440. The van der Waals surface area contributed by atoms with Crippen LogP contribution in [0.3, 0.4) is 0 Å². The first kappa shape index (κ1) is 23.5. The Labute approximate surface area is 180 Å². The van der Waals surface area contributed by atoms with E-state index in [1.807, 2.05) is 76.2 Å². The molecule has 0 aliphatic heterocycles. The molecule has 2 aromatic rings. The van der Waals surface area contributed by atoms with Crippen molar-refractivity contribution in [3.05, 3.63) is 65.2 Å². The molecule has 0 spiro atoms. The van der Waals surface area contributed by atoms with Crippen LogP contribution in [0.25, 0.3) is 0 Å². The number of rotatable bonds is 10. The first-order chi connectivity index (χ1) is 14.4. The van der Waals surface area contributed by atoms with Gasteiger partial charge in [0.1, 0.15) is 11.8 Å². The molecule has 0 aliphatic rings. The number of hydrogen-bond acceptors (Lipinski definition) is 3.